The van der Waals surface area contributed by atoms with Gasteiger partial charge in [0.05, 0.1) is 25.8 Å². The SMILES string of the molecule is CC1(CC(=O)N/N=C\c2cccs2)OCCO1. The predicted molar refractivity (Wildman–Crippen MR) is 65.0 cm³/mol. The number of hydrogen-bond donors (Lipinski definition) is 1. The van der Waals surface area contributed by atoms with Crippen LogP contribution in [0.25, 0.3) is 0 Å². The Morgan fingerprint density at radius 2 is 2.41 bits per heavy atom. The van der Waals surface area contributed by atoms with E-state index in [0.29, 0.717) is 13.2 Å². The van der Waals surface area contributed by atoms with Crippen LogP contribution in [0.3, 0.4) is 0 Å². The van der Waals surface area contributed by atoms with Gasteiger partial charge in [0.1, 0.15) is 0 Å². The fourth-order valence-electron chi connectivity index (χ4n) is 1.52. The maximum atomic E-state index is 11.6. The molecular weight excluding hydrogens is 240 g/mol. The summed E-state index contributed by atoms with van der Waals surface area (Å²) in [5.41, 5.74) is 2.45. The molecule has 1 saturated heterocycles. The van der Waals surface area contributed by atoms with Crippen molar-refractivity contribution < 1.29 is 14.3 Å². The lowest BCUT2D eigenvalue weighted by molar-refractivity contribution is -0.159. The molecule has 5 nitrogen and oxygen atoms in total. The molecule has 0 radical (unpaired) electrons. The molecule has 0 saturated carbocycles. The second-order valence-corrected chi connectivity index (χ2v) is 4.80. The van der Waals surface area contributed by atoms with Crippen LogP contribution in [0.2, 0.25) is 0 Å². The predicted octanol–water partition coefficient (Wildman–Crippen LogP) is 1.35. The summed E-state index contributed by atoms with van der Waals surface area (Å²) < 4.78 is 10.7. The van der Waals surface area contributed by atoms with Crippen LogP contribution in [0, 0.1) is 0 Å². The number of rotatable bonds is 4. The number of amides is 1. The molecule has 92 valence electrons. The number of carbonyl (C=O) groups is 1. The minimum absolute atomic E-state index is 0.148. The maximum absolute atomic E-state index is 11.6. The Morgan fingerprint density at radius 1 is 1.65 bits per heavy atom. The van der Waals surface area contributed by atoms with Gasteiger partial charge in [0.2, 0.25) is 5.91 Å². The zero-order chi connectivity index (χ0) is 12.1. The van der Waals surface area contributed by atoms with Crippen molar-refractivity contribution in [3.05, 3.63) is 22.4 Å². The van der Waals surface area contributed by atoms with Gasteiger partial charge in [0.25, 0.3) is 0 Å². The van der Waals surface area contributed by atoms with Crippen LogP contribution in [0.4, 0.5) is 0 Å². The number of nitrogens with one attached hydrogen (secondary N) is 1. The fraction of sp³-hybridized carbons (Fsp3) is 0.455. The highest BCUT2D eigenvalue weighted by Crippen LogP contribution is 2.22. The molecule has 1 aliphatic rings. The van der Waals surface area contributed by atoms with Gasteiger partial charge in [-0.1, -0.05) is 6.07 Å². The standard InChI is InChI=1S/C11H14N2O3S/c1-11(15-4-5-16-11)7-10(14)13-12-8-9-3-2-6-17-9/h2-3,6,8H,4-5,7H2,1H3,(H,13,14)/b12-8-. The lowest BCUT2D eigenvalue weighted by Crippen LogP contribution is -2.33. The molecule has 1 fully saturated rings. The molecule has 0 atom stereocenters. The Kier molecular flexibility index (Phi) is 3.88. The van der Waals surface area contributed by atoms with E-state index < -0.39 is 5.79 Å². The second kappa shape index (κ2) is 5.39. The average Bonchev–Trinajstić information content (AvgIpc) is 2.90. The molecule has 2 heterocycles. The molecule has 0 bridgehead atoms. The van der Waals surface area contributed by atoms with Crippen LogP contribution in [0.5, 0.6) is 0 Å². The van der Waals surface area contributed by atoms with E-state index in [0.717, 1.165) is 4.88 Å². The molecule has 0 aromatic carbocycles. The van der Waals surface area contributed by atoms with Gasteiger partial charge in [-0.25, -0.2) is 5.43 Å². The first kappa shape index (κ1) is 12.2. The molecule has 6 heteroatoms. The highest BCUT2D eigenvalue weighted by atomic mass is 32.1. The third-order valence-corrected chi connectivity index (χ3v) is 3.11. The van der Waals surface area contributed by atoms with Gasteiger partial charge in [0, 0.05) is 4.88 Å². The van der Waals surface area contributed by atoms with Gasteiger partial charge in [-0.3, -0.25) is 4.79 Å². The van der Waals surface area contributed by atoms with Gasteiger partial charge in [-0.05, 0) is 18.4 Å². The van der Waals surface area contributed by atoms with E-state index in [9.17, 15) is 4.79 Å². The molecule has 0 unspecified atom stereocenters. The molecule has 1 aromatic heterocycles. The third-order valence-electron chi connectivity index (χ3n) is 2.30. The highest BCUT2D eigenvalue weighted by molar-refractivity contribution is 7.11. The van der Waals surface area contributed by atoms with E-state index in [1.54, 1.807) is 24.5 Å². The molecule has 2 rings (SSSR count). The van der Waals surface area contributed by atoms with Crippen LogP contribution in [0.15, 0.2) is 22.6 Å². The van der Waals surface area contributed by atoms with Crippen molar-refractivity contribution in [2.24, 2.45) is 5.10 Å². The molecule has 0 spiro atoms. The molecule has 1 amide bonds. The summed E-state index contributed by atoms with van der Waals surface area (Å²) in [4.78, 5) is 12.5. The van der Waals surface area contributed by atoms with E-state index in [1.807, 2.05) is 17.5 Å². The van der Waals surface area contributed by atoms with Gasteiger partial charge < -0.3 is 9.47 Å². The first-order chi connectivity index (χ1) is 8.18. The minimum atomic E-state index is -0.803. The topological polar surface area (TPSA) is 59.9 Å². The lowest BCUT2D eigenvalue weighted by Gasteiger charge is -2.20. The first-order valence-electron chi connectivity index (χ1n) is 5.31. The first-order valence-corrected chi connectivity index (χ1v) is 6.19. The van der Waals surface area contributed by atoms with Crippen LogP contribution in [0.1, 0.15) is 18.2 Å². The van der Waals surface area contributed by atoms with E-state index in [2.05, 4.69) is 10.5 Å². The molecule has 0 aliphatic carbocycles. The van der Waals surface area contributed by atoms with Crippen molar-refractivity contribution in [1.29, 1.82) is 0 Å². The third kappa shape index (κ3) is 3.62. The van der Waals surface area contributed by atoms with Crippen molar-refractivity contribution in [3.8, 4) is 0 Å². The van der Waals surface area contributed by atoms with Gasteiger partial charge >= 0.3 is 0 Å². The average molecular weight is 254 g/mol. The number of carbonyl (C=O) groups excluding carboxylic acids is 1. The Bertz CT molecular complexity index is 397. The minimum Gasteiger partial charge on any atom is -0.347 e. The summed E-state index contributed by atoms with van der Waals surface area (Å²) in [6, 6.07) is 3.85. The van der Waals surface area contributed by atoms with Crippen molar-refractivity contribution >= 4 is 23.5 Å². The fourth-order valence-corrected chi connectivity index (χ4v) is 2.11. The second-order valence-electron chi connectivity index (χ2n) is 3.82. The Morgan fingerprint density at radius 3 is 3.06 bits per heavy atom. The molecule has 1 aromatic rings. The van der Waals surface area contributed by atoms with E-state index in [1.165, 1.54) is 0 Å². The van der Waals surface area contributed by atoms with Crippen molar-refractivity contribution in [3.63, 3.8) is 0 Å². The summed E-state index contributed by atoms with van der Waals surface area (Å²) in [6.07, 6.45) is 1.76. The molecular formula is C11H14N2O3S. The molecule has 17 heavy (non-hydrogen) atoms. The number of hydrogen-bond acceptors (Lipinski definition) is 5. The number of thiophene rings is 1. The maximum Gasteiger partial charge on any atom is 0.245 e. The summed E-state index contributed by atoms with van der Waals surface area (Å²) in [6.45, 7) is 2.81. The highest BCUT2D eigenvalue weighted by Gasteiger charge is 2.33. The zero-order valence-electron chi connectivity index (χ0n) is 9.51. The van der Waals surface area contributed by atoms with Crippen molar-refractivity contribution in [2.45, 2.75) is 19.1 Å². The quantitative estimate of drug-likeness (QED) is 0.651. The molecule has 1 aliphatic heterocycles. The van der Waals surface area contributed by atoms with Gasteiger partial charge in [-0.2, -0.15) is 5.10 Å². The van der Waals surface area contributed by atoms with Crippen LogP contribution in [-0.2, 0) is 14.3 Å². The van der Waals surface area contributed by atoms with Gasteiger partial charge in [0.15, 0.2) is 5.79 Å². The van der Waals surface area contributed by atoms with E-state index in [-0.39, 0.29) is 12.3 Å². The summed E-state index contributed by atoms with van der Waals surface area (Å²) >= 11 is 1.56. The number of hydrazone groups is 1. The van der Waals surface area contributed by atoms with Crippen LogP contribution >= 0.6 is 11.3 Å². The smallest absolute Gasteiger partial charge is 0.245 e. The van der Waals surface area contributed by atoms with Crippen LogP contribution in [-0.4, -0.2) is 31.1 Å². The number of nitrogens with zero attached hydrogens (tertiary/aromatic N) is 1. The zero-order valence-corrected chi connectivity index (χ0v) is 10.3. The van der Waals surface area contributed by atoms with Crippen LogP contribution < -0.4 is 5.43 Å². The Hall–Kier alpha value is -1.24. The normalized spacial score (nSPS) is 18.6. The summed E-state index contributed by atoms with van der Waals surface area (Å²) in [5, 5.41) is 5.81. The Labute approximate surface area is 103 Å². The van der Waals surface area contributed by atoms with Gasteiger partial charge in [-0.15, -0.1) is 11.3 Å². The number of ether oxygens (including phenoxy) is 2. The monoisotopic (exact) mass is 254 g/mol. The van der Waals surface area contributed by atoms with E-state index in [4.69, 9.17) is 9.47 Å². The Balaban J connectivity index is 1.78. The lowest BCUT2D eigenvalue weighted by atomic mass is 10.2. The van der Waals surface area contributed by atoms with Crippen molar-refractivity contribution in [2.75, 3.05) is 13.2 Å². The van der Waals surface area contributed by atoms with E-state index >= 15 is 0 Å². The van der Waals surface area contributed by atoms with Crippen molar-refractivity contribution in [1.82, 2.24) is 5.43 Å². The largest absolute Gasteiger partial charge is 0.347 e. The molecule has 1 N–H and O–H groups in total. The summed E-state index contributed by atoms with van der Waals surface area (Å²) in [7, 11) is 0. The summed E-state index contributed by atoms with van der Waals surface area (Å²) in [5.74, 6) is -1.02.